The highest BCUT2D eigenvalue weighted by atomic mass is 15.1. The quantitative estimate of drug-likeness (QED) is 0.457. The lowest BCUT2D eigenvalue weighted by Crippen LogP contribution is -2.67. The van der Waals surface area contributed by atoms with Crippen molar-refractivity contribution in [2.24, 2.45) is 5.73 Å². The third-order valence-corrected chi connectivity index (χ3v) is 2.41. The zero-order chi connectivity index (χ0) is 5.61. The first-order chi connectivity index (χ1) is 3.81. The molecule has 1 heterocycles. The van der Waals surface area contributed by atoms with Crippen molar-refractivity contribution >= 4 is 0 Å². The molecule has 0 bridgehead atoms. The molecule has 0 radical (unpaired) electrons. The van der Waals surface area contributed by atoms with Crippen LogP contribution < -0.4 is 11.1 Å². The molecule has 0 aromatic heterocycles. The zero-order valence-electron chi connectivity index (χ0n) is 4.98. The third-order valence-electron chi connectivity index (χ3n) is 2.41. The van der Waals surface area contributed by atoms with Gasteiger partial charge in [-0.15, -0.1) is 0 Å². The highest BCUT2D eigenvalue weighted by Gasteiger charge is 2.46. The lowest BCUT2D eigenvalue weighted by atomic mass is 9.67. The van der Waals surface area contributed by atoms with Crippen LogP contribution >= 0.6 is 0 Å². The van der Waals surface area contributed by atoms with Crippen LogP contribution in [0.1, 0.15) is 19.3 Å². The number of hydrogen-bond acceptors (Lipinski definition) is 2. The molecule has 0 atom stereocenters. The van der Waals surface area contributed by atoms with Gasteiger partial charge in [0.05, 0.1) is 0 Å². The second-order valence-corrected chi connectivity index (χ2v) is 3.13. The smallest absolute Gasteiger partial charge is 0.0223 e. The molecule has 8 heavy (non-hydrogen) atoms. The summed E-state index contributed by atoms with van der Waals surface area (Å²) in [5, 5.41) is 3.41. The van der Waals surface area contributed by atoms with Gasteiger partial charge < -0.3 is 11.1 Å². The third kappa shape index (κ3) is 0.446. The molecule has 3 N–H and O–H groups in total. The van der Waals surface area contributed by atoms with Crippen molar-refractivity contribution < 1.29 is 0 Å². The molecule has 2 fully saturated rings. The standard InChI is InChI=1S/C6H12N2/c7-5-3-6(4-5)1-2-8-6/h5,8H,1-4,7H2. The topological polar surface area (TPSA) is 38.0 Å². The second-order valence-electron chi connectivity index (χ2n) is 3.13. The minimum absolute atomic E-state index is 0.503. The number of hydrogen-bond donors (Lipinski definition) is 2. The van der Waals surface area contributed by atoms with Crippen LogP contribution in [0.2, 0.25) is 0 Å². The van der Waals surface area contributed by atoms with E-state index >= 15 is 0 Å². The number of nitrogens with two attached hydrogens (primary N) is 1. The van der Waals surface area contributed by atoms with Gasteiger partial charge >= 0.3 is 0 Å². The monoisotopic (exact) mass is 112 g/mol. The molecule has 0 amide bonds. The van der Waals surface area contributed by atoms with Crippen LogP contribution in [0.5, 0.6) is 0 Å². The van der Waals surface area contributed by atoms with Gasteiger partial charge in [0.15, 0.2) is 0 Å². The van der Waals surface area contributed by atoms with E-state index in [1.54, 1.807) is 0 Å². The van der Waals surface area contributed by atoms with E-state index in [4.69, 9.17) is 5.73 Å². The van der Waals surface area contributed by atoms with E-state index in [1.807, 2.05) is 0 Å². The van der Waals surface area contributed by atoms with Crippen LogP contribution in [0.4, 0.5) is 0 Å². The molecular formula is C6H12N2. The van der Waals surface area contributed by atoms with Gasteiger partial charge in [-0.3, -0.25) is 0 Å². The van der Waals surface area contributed by atoms with Gasteiger partial charge in [0.25, 0.3) is 0 Å². The van der Waals surface area contributed by atoms with Crippen molar-refractivity contribution in [1.29, 1.82) is 0 Å². The molecule has 1 spiro atoms. The van der Waals surface area contributed by atoms with Crippen LogP contribution in [0.15, 0.2) is 0 Å². The summed E-state index contributed by atoms with van der Waals surface area (Å²) in [6, 6.07) is 0.503. The summed E-state index contributed by atoms with van der Waals surface area (Å²) in [7, 11) is 0. The average Bonchev–Trinajstić information content (AvgIpc) is 1.51. The van der Waals surface area contributed by atoms with E-state index in [2.05, 4.69) is 5.32 Å². The molecule has 2 aliphatic rings. The second kappa shape index (κ2) is 1.25. The maximum absolute atomic E-state index is 5.62. The fraction of sp³-hybridized carbons (Fsp3) is 1.00. The Morgan fingerprint density at radius 1 is 1.50 bits per heavy atom. The van der Waals surface area contributed by atoms with Crippen molar-refractivity contribution in [3.63, 3.8) is 0 Å². The molecule has 1 saturated carbocycles. The summed E-state index contributed by atoms with van der Waals surface area (Å²) in [6.07, 6.45) is 3.79. The van der Waals surface area contributed by atoms with Gasteiger partial charge in [-0.25, -0.2) is 0 Å². The van der Waals surface area contributed by atoms with Gasteiger partial charge in [-0.05, 0) is 25.8 Å². The molecular weight excluding hydrogens is 100 g/mol. The first-order valence-corrected chi connectivity index (χ1v) is 3.31. The molecule has 1 aliphatic heterocycles. The van der Waals surface area contributed by atoms with Crippen LogP contribution in [0, 0.1) is 0 Å². The molecule has 0 aromatic carbocycles. The van der Waals surface area contributed by atoms with Crippen LogP contribution in [0.3, 0.4) is 0 Å². The Balaban J connectivity index is 1.92. The van der Waals surface area contributed by atoms with Crippen LogP contribution in [-0.4, -0.2) is 18.1 Å². The van der Waals surface area contributed by atoms with E-state index in [9.17, 15) is 0 Å². The SMILES string of the molecule is NC1CC2(CCN2)C1. The van der Waals surface area contributed by atoms with E-state index in [0.717, 1.165) is 0 Å². The number of nitrogens with one attached hydrogen (secondary N) is 1. The Morgan fingerprint density at radius 2 is 2.12 bits per heavy atom. The van der Waals surface area contributed by atoms with Crippen molar-refractivity contribution in [1.82, 2.24) is 5.32 Å². The zero-order valence-corrected chi connectivity index (χ0v) is 4.98. The van der Waals surface area contributed by atoms with Crippen LogP contribution in [-0.2, 0) is 0 Å². The predicted molar refractivity (Wildman–Crippen MR) is 32.6 cm³/mol. The molecule has 1 saturated heterocycles. The highest BCUT2D eigenvalue weighted by Crippen LogP contribution is 2.38. The largest absolute Gasteiger partial charge is 0.328 e. The van der Waals surface area contributed by atoms with Crippen molar-refractivity contribution in [2.75, 3.05) is 6.54 Å². The van der Waals surface area contributed by atoms with Crippen LogP contribution in [0.25, 0.3) is 0 Å². The molecule has 2 heteroatoms. The molecule has 2 rings (SSSR count). The summed E-state index contributed by atoms with van der Waals surface area (Å²) >= 11 is 0. The summed E-state index contributed by atoms with van der Waals surface area (Å²) in [6.45, 7) is 1.21. The Kier molecular flexibility index (Phi) is 0.746. The lowest BCUT2D eigenvalue weighted by molar-refractivity contribution is 0.0793. The Bertz CT molecular complexity index is 99.1. The molecule has 46 valence electrons. The Morgan fingerprint density at radius 3 is 2.25 bits per heavy atom. The fourth-order valence-corrected chi connectivity index (χ4v) is 1.77. The summed E-state index contributed by atoms with van der Waals surface area (Å²) in [5.41, 5.74) is 6.16. The first kappa shape index (κ1) is 4.77. The lowest BCUT2D eigenvalue weighted by Gasteiger charge is -2.53. The molecule has 2 nitrogen and oxygen atoms in total. The van der Waals surface area contributed by atoms with Gasteiger partial charge in [-0.1, -0.05) is 0 Å². The van der Waals surface area contributed by atoms with E-state index < -0.39 is 0 Å². The Labute approximate surface area is 49.4 Å². The fourth-order valence-electron chi connectivity index (χ4n) is 1.77. The summed E-state index contributed by atoms with van der Waals surface area (Å²) < 4.78 is 0. The van der Waals surface area contributed by atoms with Crippen molar-refractivity contribution in [3.05, 3.63) is 0 Å². The average molecular weight is 112 g/mol. The predicted octanol–water partition coefficient (Wildman–Crippen LogP) is -0.160. The summed E-state index contributed by atoms with van der Waals surface area (Å²) in [5.74, 6) is 0. The minimum Gasteiger partial charge on any atom is -0.328 e. The molecule has 1 aliphatic carbocycles. The minimum atomic E-state index is 0.503. The van der Waals surface area contributed by atoms with E-state index in [1.165, 1.54) is 25.8 Å². The maximum Gasteiger partial charge on any atom is 0.0223 e. The summed E-state index contributed by atoms with van der Waals surface area (Å²) in [4.78, 5) is 0. The van der Waals surface area contributed by atoms with Gasteiger partial charge in [-0.2, -0.15) is 0 Å². The molecule has 0 aromatic rings. The number of rotatable bonds is 0. The van der Waals surface area contributed by atoms with Crippen molar-refractivity contribution in [3.8, 4) is 0 Å². The van der Waals surface area contributed by atoms with Gasteiger partial charge in [0.2, 0.25) is 0 Å². The molecule has 0 unspecified atom stereocenters. The van der Waals surface area contributed by atoms with Crippen molar-refractivity contribution in [2.45, 2.75) is 30.8 Å². The maximum atomic E-state index is 5.62. The van der Waals surface area contributed by atoms with Gasteiger partial charge in [0.1, 0.15) is 0 Å². The Hall–Kier alpha value is -0.0800. The highest BCUT2D eigenvalue weighted by molar-refractivity contribution is 5.08. The normalized spacial score (nSPS) is 52.9. The van der Waals surface area contributed by atoms with E-state index in [-0.39, 0.29) is 0 Å². The first-order valence-electron chi connectivity index (χ1n) is 3.31. The van der Waals surface area contributed by atoms with E-state index in [0.29, 0.717) is 11.6 Å². The van der Waals surface area contributed by atoms with Gasteiger partial charge in [0, 0.05) is 11.6 Å².